The number of amides is 1. The quantitative estimate of drug-likeness (QED) is 0.858. The van der Waals surface area contributed by atoms with Crippen molar-refractivity contribution in [2.45, 2.75) is 32.7 Å². The zero-order valence-corrected chi connectivity index (χ0v) is 12.9. The molecule has 1 saturated carbocycles. The maximum Gasteiger partial charge on any atom is 0.341 e. The summed E-state index contributed by atoms with van der Waals surface area (Å²) in [6.45, 7) is 3.50. The Morgan fingerprint density at radius 2 is 2.14 bits per heavy atom. The fraction of sp³-hybridized carbons (Fsp3) is 0.625. The van der Waals surface area contributed by atoms with Crippen molar-refractivity contribution in [1.82, 2.24) is 5.32 Å². The van der Waals surface area contributed by atoms with Crippen LogP contribution in [-0.2, 0) is 20.8 Å². The van der Waals surface area contributed by atoms with Crippen LogP contribution in [-0.4, -0.2) is 32.2 Å². The van der Waals surface area contributed by atoms with Gasteiger partial charge in [-0.15, -0.1) is 0 Å². The van der Waals surface area contributed by atoms with Crippen LogP contribution in [0.2, 0.25) is 0 Å². The second-order valence-corrected chi connectivity index (χ2v) is 6.12. The number of ether oxygens (including phenoxy) is 2. The van der Waals surface area contributed by atoms with E-state index < -0.39 is 5.97 Å². The summed E-state index contributed by atoms with van der Waals surface area (Å²) in [5.74, 6) is 0.793. The molecule has 1 aliphatic carbocycles. The number of furan rings is 1. The number of esters is 1. The van der Waals surface area contributed by atoms with E-state index in [-0.39, 0.29) is 17.2 Å². The minimum atomic E-state index is -0.429. The highest BCUT2D eigenvalue weighted by molar-refractivity contribution is 5.90. The van der Waals surface area contributed by atoms with Crippen molar-refractivity contribution in [3.8, 4) is 0 Å². The molecule has 1 aliphatic heterocycles. The second kappa shape index (κ2) is 5.76. The van der Waals surface area contributed by atoms with E-state index in [0.29, 0.717) is 23.6 Å². The topological polar surface area (TPSA) is 77.8 Å². The smallest absolute Gasteiger partial charge is 0.341 e. The number of aryl methyl sites for hydroxylation is 1. The third-order valence-electron chi connectivity index (χ3n) is 4.81. The van der Waals surface area contributed by atoms with Gasteiger partial charge in [0.2, 0.25) is 5.91 Å². The molecule has 120 valence electrons. The average molecular weight is 307 g/mol. The third-order valence-corrected chi connectivity index (χ3v) is 4.81. The van der Waals surface area contributed by atoms with Gasteiger partial charge in [0.1, 0.15) is 17.1 Å². The van der Waals surface area contributed by atoms with Crippen LogP contribution in [0.25, 0.3) is 0 Å². The zero-order valence-electron chi connectivity index (χ0n) is 12.9. The van der Waals surface area contributed by atoms with E-state index in [4.69, 9.17) is 9.15 Å². The van der Waals surface area contributed by atoms with Gasteiger partial charge in [0.05, 0.1) is 13.7 Å². The molecule has 1 atom stereocenters. The lowest BCUT2D eigenvalue weighted by Crippen LogP contribution is -2.29. The van der Waals surface area contributed by atoms with Crippen molar-refractivity contribution >= 4 is 11.9 Å². The minimum absolute atomic E-state index is 0.0653. The molecule has 1 spiro atoms. The molecule has 6 nitrogen and oxygen atoms in total. The lowest BCUT2D eigenvalue weighted by molar-refractivity contribution is -0.123. The molecule has 1 N–H and O–H groups in total. The fourth-order valence-corrected chi connectivity index (χ4v) is 3.29. The Balaban J connectivity index is 1.55. The molecule has 1 aromatic heterocycles. The number of carbonyl (C=O) groups excluding carboxylic acids is 2. The molecule has 1 saturated heterocycles. The molecule has 1 amide bonds. The first-order valence-electron chi connectivity index (χ1n) is 7.59. The lowest BCUT2D eigenvalue weighted by Gasteiger charge is -2.22. The van der Waals surface area contributed by atoms with Gasteiger partial charge in [-0.25, -0.2) is 4.79 Å². The summed E-state index contributed by atoms with van der Waals surface area (Å²) in [6, 6.07) is 1.62. The molecule has 2 fully saturated rings. The van der Waals surface area contributed by atoms with Gasteiger partial charge < -0.3 is 19.2 Å². The van der Waals surface area contributed by atoms with E-state index in [1.54, 1.807) is 13.0 Å². The first-order chi connectivity index (χ1) is 10.6. The van der Waals surface area contributed by atoms with Crippen LogP contribution >= 0.6 is 0 Å². The third kappa shape index (κ3) is 2.75. The number of nitrogens with one attached hydrogen (secondary N) is 1. The number of hydrogen-bond acceptors (Lipinski definition) is 5. The van der Waals surface area contributed by atoms with Crippen molar-refractivity contribution < 1.29 is 23.5 Å². The molecule has 2 heterocycles. The maximum atomic E-state index is 12.2. The van der Waals surface area contributed by atoms with Gasteiger partial charge in [0.25, 0.3) is 0 Å². The molecule has 0 aromatic carbocycles. The number of methoxy groups -OCH3 is 1. The molecule has 3 rings (SSSR count). The maximum absolute atomic E-state index is 12.2. The number of rotatable bonds is 4. The van der Waals surface area contributed by atoms with Crippen molar-refractivity contribution in [1.29, 1.82) is 0 Å². The average Bonchev–Trinajstić information content (AvgIpc) is 3.08. The monoisotopic (exact) mass is 307 g/mol. The van der Waals surface area contributed by atoms with Crippen LogP contribution in [0.3, 0.4) is 0 Å². The van der Waals surface area contributed by atoms with Crippen molar-refractivity contribution in [3.05, 3.63) is 23.2 Å². The van der Waals surface area contributed by atoms with Gasteiger partial charge in [-0.2, -0.15) is 0 Å². The second-order valence-electron chi connectivity index (χ2n) is 6.12. The van der Waals surface area contributed by atoms with E-state index in [0.717, 1.165) is 32.5 Å². The van der Waals surface area contributed by atoms with Crippen molar-refractivity contribution in [3.63, 3.8) is 0 Å². The van der Waals surface area contributed by atoms with E-state index in [2.05, 4.69) is 10.1 Å². The Hall–Kier alpha value is -1.82. The normalized spacial score (nSPS) is 22.4. The molecule has 6 heteroatoms. The first kappa shape index (κ1) is 15.1. The Morgan fingerprint density at radius 3 is 2.82 bits per heavy atom. The molecule has 0 unspecified atom stereocenters. The lowest BCUT2D eigenvalue weighted by atomic mass is 9.93. The van der Waals surface area contributed by atoms with Crippen LogP contribution in [0.15, 0.2) is 10.5 Å². The number of hydrogen-bond donors (Lipinski definition) is 1. The Kier molecular flexibility index (Phi) is 3.95. The molecular weight excluding hydrogens is 286 g/mol. The predicted octanol–water partition coefficient (Wildman–Crippen LogP) is 1.81. The van der Waals surface area contributed by atoms with E-state index in [9.17, 15) is 9.59 Å². The van der Waals surface area contributed by atoms with Crippen molar-refractivity contribution in [2.24, 2.45) is 11.3 Å². The summed E-state index contributed by atoms with van der Waals surface area (Å²) in [6.07, 6.45) is 2.89. The highest BCUT2D eigenvalue weighted by Gasteiger charge is 2.57. The predicted molar refractivity (Wildman–Crippen MR) is 77.2 cm³/mol. The summed E-state index contributed by atoms with van der Waals surface area (Å²) in [4.78, 5) is 23.8. The van der Waals surface area contributed by atoms with E-state index in [1.807, 2.05) is 0 Å². The number of carbonyl (C=O) groups is 2. The molecule has 22 heavy (non-hydrogen) atoms. The van der Waals surface area contributed by atoms with Crippen LogP contribution in [0.4, 0.5) is 0 Å². The van der Waals surface area contributed by atoms with Gasteiger partial charge in [-0.1, -0.05) is 0 Å². The summed E-state index contributed by atoms with van der Waals surface area (Å²) in [7, 11) is 1.33. The summed E-state index contributed by atoms with van der Waals surface area (Å²) in [5, 5.41) is 2.90. The standard InChI is InChI=1S/C16H21NO5/c1-10-12(15(19)20-2)7-11(22-10)9-17-14(18)13-8-16(13)3-5-21-6-4-16/h7,13H,3-6,8-9H2,1-2H3,(H,17,18)/t13-/m0/s1. The van der Waals surface area contributed by atoms with Gasteiger partial charge >= 0.3 is 5.97 Å². The molecule has 0 bridgehead atoms. The summed E-state index contributed by atoms with van der Waals surface area (Å²) >= 11 is 0. The van der Waals surface area contributed by atoms with Gasteiger partial charge in [0, 0.05) is 19.1 Å². The minimum Gasteiger partial charge on any atom is -0.465 e. The molecule has 2 aliphatic rings. The Morgan fingerprint density at radius 1 is 1.41 bits per heavy atom. The highest BCUT2D eigenvalue weighted by Crippen LogP contribution is 2.59. The fourth-order valence-electron chi connectivity index (χ4n) is 3.29. The van der Waals surface area contributed by atoms with Gasteiger partial charge in [0.15, 0.2) is 0 Å². The Bertz CT molecular complexity index is 585. The van der Waals surface area contributed by atoms with Gasteiger partial charge in [-0.3, -0.25) is 4.79 Å². The van der Waals surface area contributed by atoms with Crippen LogP contribution in [0, 0.1) is 18.3 Å². The van der Waals surface area contributed by atoms with Crippen LogP contribution in [0.5, 0.6) is 0 Å². The summed E-state index contributed by atoms with van der Waals surface area (Å²) in [5.41, 5.74) is 0.567. The zero-order chi connectivity index (χ0) is 15.7. The van der Waals surface area contributed by atoms with Crippen molar-refractivity contribution in [2.75, 3.05) is 20.3 Å². The van der Waals surface area contributed by atoms with Crippen LogP contribution in [0.1, 0.15) is 41.1 Å². The molecule has 1 aromatic rings. The molecular formula is C16H21NO5. The Labute approximate surface area is 129 Å². The SMILES string of the molecule is COC(=O)c1cc(CNC(=O)[C@@H]2CC23CCOCC3)oc1C. The van der Waals surface area contributed by atoms with E-state index >= 15 is 0 Å². The first-order valence-corrected chi connectivity index (χ1v) is 7.59. The molecule has 0 radical (unpaired) electrons. The highest BCUT2D eigenvalue weighted by atomic mass is 16.5. The van der Waals surface area contributed by atoms with Crippen LogP contribution < -0.4 is 5.32 Å². The summed E-state index contributed by atoms with van der Waals surface area (Å²) < 4.78 is 15.5. The van der Waals surface area contributed by atoms with Gasteiger partial charge in [-0.05, 0) is 37.7 Å². The van der Waals surface area contributed by atoms with E-state index in [1.165, 1.54) is 7.11 Å². The largest absolute Gasteiger partial charge is 0.465 e.